The van der Waals surface area contributed by atoms with Crippen LogP contribution < -0.4 is 0 Å². The Kier molecular flexibility index (Phi) is 24.2. The van der Waals surface area contributed by atoms with Crippen LogP contribution in [0.3, 0.4) is 0 Å². The van der Waals surface area contributed by atoms with Crippen molar-refractivity contribution in [2.45, 2.75) is 41.0 Å². The summed E-state index contributed by atoms with van der Waals surface area (Å²) in [6.07, 6.45) is 0.667. The van der Waals surface area contributed by atoms with E-state index in [9.17, 15) is 9.59 Å². The summed E-state index contributed by atoms with van der Waals surface area (Å²) in [5.41, 5.74) is 0. The van der Waals surface area contributed by atoms with Gasteiger partial charge in [-0.05, 0) is 27.7 Å². The number of ketones is 2. The molecule has 0 bridgehead atoms. The minimum Gasteiger partial charge on any atom is -0.397 e. The number of carbonyl (C=O) groups is 2. The maximum Gasteiger partial charge on any atom is 0.129 e. The van der Waals surface area contributed by atoms with Gasteiger partial charge in [-0.25, -0.2) is 0 Å². The van der Waals surface area contributed by atoms with Crippen LogP contribution in [0.15, 0.2) is 0 Å². The minimum absolute atomic E-state index is 0.167. The Hall–Kier alpha value is -0.700. The molecule has 0 fully saturated rings. The summed E-state index contributed by atoms with van der Waals surface area (Å²) in [7, 11) is 0. The average Bonchev–Trinajstić information content (AvgIpc) is 1.88. The number of aliphatic hydroxyl groups is 1. The monoisotopic (exact) mass is 176 g/mol. The van der Waals surface area contributed by atoms with E-state index in [4.69, 9.17) is 5.11 Å². The summed E-state index contributed by atoms with van der Waals surface area (Å²) in [6.45, 7) is 8.42. The molecule has 0 unspecified atom stereocenters. The standard InChI is InChI=1S/C4H8O.C3H6O.C2H6O/c1-3-4(2)5;1-3(2)4;1-2-3/h3H2,1-2H3;1-2H3;3H,2H2,1H3. The quantitative estimate of drug-likeness (QED) is 0.660. The first-order valence-corrected chi connectivity index (χ1v) is 3.99. The van der Waals surface area contributed by atoms with Crippen LogP contribution in [0.5, 0.6) is 0 Å². The molecule has 0 radical (unpaired) electrons. The minimum atomic E-state index is 0.167. The lowest BCUT2D eigenvalue weighted by Crippen LogP contribution is -1.80. The first-order chi connectivity index (χ1) is 5.42. The highest BCUT2D eigenvalue weighted by Gasteiger charge is 1.76. The second kappa shape index (κ2) is 16.7. The Labute approximate surface area is 74.8 Å². The zero-order valence-electron chi connectivity index (χ0n) is 8.68. The van der Waals surface area contributed by atoms with Crippen molar-refractivity contribution in [1.29, 1.82) is 0 Å². The van der Waals surface area contributed by atoms with Crippen LogP contribution in [0.1, 0.15) is 41.0 Å². The maximum atomic E-state index is 9.81. The molecule has 0 aromatic carbocycles. The molecule has 0 rings (SSSR count). The van der Waals surface area contributed by atoms with Crippen LogP contribution >= 0.6 is 0 Å². The molecule has 0 aliphatic heterocycles. The van der Waals surface area contributed by atoms with Crippen molar-refractivity contribution in [1.82, 2.24) is 0 Å². The van der Waals surface area contributed by atoms with E-state index in [2.05, 4.69) is 0 Å². The molecule has 0 saturated heterocycles. The molecular formula is C9H20O3. The molecule has 3 nitrogen and oxygen atoms in total. The predicted molar refractivity (Wildman–Crippen MR) is 50.1 cm³/mol. The Morgan fingerprint density at radius 3 is 1.17 bits per heavy atom. The topological polar surface area (TPSA) is 54.4 Å². The molecule has 0 amide bonds. The highest BCUT2D eigenvalue weighted by atomic mass is 16.2. The van der Waals surface area contributed by atoms with Gasteiger partial charge in [0.15, 0.2) is 0 Å². The molecule has 3 heteroatoms. The summed E-state index contributed by atoms with van der Waals surface area (Å²) >= 11 is 0. The van der Waals surface area contributed by atoms with Crippen LogP contribution in [-0.4, -0.2) is 23.3 Å². The zero-order chi connectivity index (χ0) is 10.6. The van der Waals surface area contributed by atoms with Crippen LogP contribution in [0.2, 0.25) is 0 Å². The summed E-state index contributed by atoms with van der Waals surface area (Å²) < 4.78 is 0. The Morgan fingerprint density at radius 1 is 1.08 bits per heavy atom. The summed E-state index contributed by atoms with van der Waals surface area (Å²) in [6, 6.07) is 0. The second-order valence-electron chi connectivity index (χ2n) is 2.28. The average molecular weight is 176 g/mol. The lowest BCUT2D eigenvalue weighted by molar-refractivity contribution is -0.117. The molecule has 0 aliphatic carbocycles. The smallest absolute Gasteiger partial charge is 0.129 e. The third-order valence-electron chi connectivity index (χ3n) is 0.498. The van der Waals surface area contributed by atoms with Gasteiger partial charge in [-0.15, -0.1) is 0 Å². The predicted octanol–water partition coefficient (Wildman–Crippen LogP) is 1.58. The largest absolute Gasteiger partial charge is 0.397 e. The van der Waals surface area contributed by atoms with E-state index < -0.39 is 0 Å². The van der Waals surface area contributed by atoms with E-state index in [1.807, 2.05) is 6.92 Å². The molecule has 0 spiro atoms. The van der Waals surface area contributed by atoms with Gasteiger partial charge in [-0.3, -0.25) is 0 Å². The Balaban J connectivity index is -0.000000105. The highest BCUT2D eigenvalue weighted by molar-refractivity contribution is 5.74. The zero-order valence-corrected chi connectivity index (χ0v) is 8.68. The van der Waals surface area contributed by atoms with Gasteiger partial charge in [0.1, 0.15) is 11.6 Å². The number of Topliss-reactive ketones (excluding diaryl/α,β-unsaturated/α-hetero) is 2. The molecule has 0 aromatic heterocycles. The number of rotatable bonds is 1. The van der Waals surface area contributed by atoms with Gasteiger partial charge in [0.2, 0.25) is 0 Å². The van der Waals surface area contributed by atoms with Crippen molar-refractivity contribution < 1.29 is 14.7 Å². The van der Waals surface area contributed by atoms with E-state index in [1.165, 1.54) is 13.8 Å². The first kappa shape index (κ1) is 17.4. The highest BCUT2D eigenvalue weighted by Crippen LogP contribution is 1.71. The normalized spacial score (nSPS) is 6.83. The van der Waals surface area contributed by atoms with Crippen LogP contribution in [-0.2, 0) is 9.59 Å². The molecule has 74 valence electrons. The molecule has 0 aromatic rings. The molecule has 0 aliphatic rings. The van der Waals surface area contributed by atoms with E-state index in [0.717, 1.165) is 0 Å². The van der Waals surface area contributed by atoms with Gasteiger partial charge in [-0.2, -0.15) is 0 Å². The molecule has 0 atom stereocenters. The Morgan fingerprint density at radius 2 is 1.17 bits per heavy atom. The van der Waals surface area contributed by atoms with Gasteiger partial charge < -0.3 is 14.7 Å². The first-order valence-electron chi connectivity index (χ1n) is 3.99. The van der Waals surface area contributed by atoms with Gasteiger partial charge in [0.25, 0.3) is 0 Å². The lowest BCUT2D eigenvalue weighted by Gasteiger charge is -1.71. The fourth-order valence-electron chi connectivity index (χ4n) is 0. The summed E-state index contributed by atoms with van der Waals surface area (Å²) in [5, 5.41) is 7.57. The van der Waals surface area contributed by atoms with E-state index >= 15 is 0 Å². The molecular weight excluding hydrogens is 156 g/mol. The van der Waals surface area contributed by atoms with Crippen LogP contribution in [0, 0.1) is 0 Å². The van der Waals surface area contributed by atoms with E-state index in [0.29, 0.717) is 6.42 Å². The van der Waals surface area contributed by atoms with Gasteiger partial charge in [0, 0.05) is 13.0 Å². The maximum absolute atomic E-state index is 9.81. The fraction of sp³-hybridized carbons (Fsp3) is 0.778. The van der Waals surface area contributed by atoms with Crippen molar-refractivity contribution >= 4 is 11.6 Å². The van der Waals surface area contributed by atoms with Gasteiger partial charge in [0.05, 0.1) is 0 Å². The number of hydrogen-bond donors (Lipinski definition) is 1. The van der Waals surface area contributed by atoms with Crippen molar-refractivity contribution in [3.8, 4) is 0 Å². The lowest BCUT2D eigenvalue weighted by atomic mass is 10.4. The molecule has 0 heterocycles. The summed E-state index contributed by atoms with van der Waals surface area (Å²) in [5.74, 6) is 0.421. The third kappa shape index (κ3) is 379. The van der Waals surface area contributed by atoms with Crippen molar-refractivity contribution in [3.05, 3.63) is 0 Å². The fourth-order valence-corrected chi connectivity index (χ4v) is 0. The summed E-state index contributed by atoms with van der Waals surface area (Å²) in [4.78, 5) is 19.3. The van der Waals surface area contributed by atoms with Gasteiger partial charge >= 0.3 is 0 Å². The van der Waals surface area contributed by atoms with Crippen LogP contribution in [0.25, 0.3) is 0 Å². The van der Waals surface area contributed by atoms with Crippen LogP contribution in [0.4, 0.5) is 0 Å². The molecule has 0 saturated carbocycles. The molecule has 1 N–H and O–H groups in total. The van der Waals surface area contributed by atoms with E-state index in [1.54, 1.807) is 13.8 Å². The number of carbonyl (C=O) groups excluding carboxylic acids is 2. The van der Waals surface area contributed by atoms with Crippen molar-refractivity contribution in [2.75, 3.05) is 6.61 Å². The second-order valence-corrected chi connectivity index (χ2v) is 2.28. The SMILES string of the molecule is CC(C)=O.CCC(C)=O.CCO. The Bertz CT molecular complexity index is 104. The van der Waals surface area contributed by atoms with E-state index in [-0.39, 0.29) is 18.2 Å². The number of aliphatic hydroxyl groups excluding tert-OH is 1. The third-order valence-corrected chi connectivity index (χ3v) is 0.498. The van der Waals surface area contributed by atoms with Crippen molar-refractivity contribution in [2.24, 2.45) is 0 Å². The number of hydrogen-bond acceptors (Lipinski definition) is 3. The van der Waals surface area contributed by atoms with Crippen molar-refractivity contribution in [3.63, 3.8) is 0 Å². The van der Waals surface area contributed by atoms with Gasteiger partial charge in [-0.1, -0.05) is 6.92 Å². The molecule has 12 heavy (non-hydrogen) atoms.